The van der Waals surface area contributed by atoms with Gasteiger partial charge in [-0.15, -0.1) is 0 Å². The van der Waals surface area contributed by atoms with Crippen molar-refractivity contribution in [3.63, 3.8) is 0 Å². The number of hydrogen-bond acceptors (Lipinski definition) is 6. The lowest BCUT2D eigenvalue weighted by atomic mass is 9.78. The van der Waals surface area contributed by atoms with E-state index < -0.39 is 17.5 Å². The van der Waals surface area contributed by atoms with E-state index in [-0.39, 0.29) is 29.5 Å². The molecular weight excluding hydrogens is 492 g/mol. The number of carbonyl (C=O) groups excluding carboxylic acids is 2. The normalized spacial score (nSPS) is 14.1. The Morgan fingerprint density at radius 1 is 0.692 bits per heavy atom. The molecule has 214 valence electrons. The average Bonchev–Trinajstić information content (AvgIpc) is 2.83. The number of rotatable bonds is 12. The van der Waals surface area contributed by atoms with Crippen molar-refractivity contribution in [3.8, 4) is 11.5 Å². The van der Waals surface area contributed by atoms with Crippen molar-refractivity contribution in [2.24, 2.45) is 5.41 Å². The summed E-state index contributed by atoms with van der Waals surface area (Å²) in [6, 6.07) is 16.1. The van der Waals surface area contributed by atoms with Gasteiger partial charge in [0.1, 0.15) is 30.8 Å². The van der Waals surface area contributed by atoms with Gasteiger partial charge in [0, 0.05) is 16.9 Å². The predicted octanol–water partition coefficient (Wildman–Crippen LogP) is 7.08. The maximum Gasteiger partial charge on any atom is 0.331 e. The number of hydrogen-bond donors (Lipinski definition) is 0. The lowest BCUT2D eigenvalue weighted by Crippen LogP contribution is -2.29. The van der Waals surface area contributed by atoms with Crippen molar-refractivity contribution in [1.82, 2.24) is 0 Å². The molecule has 6 heteroatoms. The molecule has 0 N–H and O–H groups in total. The number of benzene rings is 2. The fourth-order valence-electron chi connectivity index (χ4n) is 3.83. The molecule has 0 aliphatic carbocycles. The molecule has 0 fully saturated rings. The minimum atomic E-state index is -0.565. The first-order valence-electron chi connectivity index (χ1n) is 13.5. The van der Waals surface area contributed by atoms with E-state index in [0.29, 0.717) is 12.4 Å². The number of allylic oxidation sites excluding steroid dienone is 1. The second kappa shape index (κ2) is 13.3. The number of esters is 1. The summed E-state index contributed by atoms with van der Waals surface area (Å²) < 4.78 is 23.0. The third-order valence-corrected chi connectivity index (χ3v) is 6.10. The van der Waals surface area contributed by atoms with Crippen LogP contribution in [0.25, 0.3) is 0 Å². The van der Waals surface area contributed by atoms with Crippen LogP contribution in [0, 0.1) is 5.41 Å². The van der Waals surface area contributed by atoms with Crippen molar-refractivity contribution in [2.75, 3.05) is 13.2 Å². The second-order valence-corrected chi connectivity index (χ2v) is 12.5. The molecule has 0 aliphatic rings. The fourth-order valence-corrected chi connectivity index (χ4v) is 3.83. The summed E-state index contributed by atoms with van der Waals surface area (Å²) in [5.41, 5.74) is 1.35. The molecule has 0 bridgehead atoms. The van der Waals surface area contributed by atoms with Crippen LogP contribution in [0.1, 0.15) is 80.4 Å². The van der Waals surface area contributed by atoms with E-state index in [1.807, 2.05) is 64.1 Å². The van der Waals surface area contributed by atoms with Gasteiger partial charge in [-0.25, -0.2) is 4.79 Å². The molecule has 0 aromatic heterocycles. The largest absolute Gasteiger partial charge is 0.491 e. The van der Waals surface area contributed by atoms with E-state index in [9.17, 15) is 9.59 Å². The van der Waals surface area contributed by atoms with E-state index in [1.54, 1.807) is 27.7 Å². The van der Waals surface area contributed by atoms with Crippen LogP contribution < -0.4 is 9.47 Å². The SMILES string of the molecule is CC(COc1ccc(C(C)(C)c2ccc(OCC(C)OC(C)(C)C)cc2)cc1)OC(=O)/C=C/C(=O)C(C)(C)C. The van der Waals surface area contributed by atoms with E-state index in [4.69, 9.17) is 18.9 Å². The summed E-state index contributed by atoms with van der Waals surface area (Å²) in [5, 5.41) is 0. The topological polar surface area (TPSA) is 71.1 Å². The van der Waals surface area contributed by atoms with E-state index in [0.717, 1.165) is 11.3 Å². The third kappa shape index (κ3) is 10.9. The summed E-state index contributed by atoms with van der Waals surface area (Å²) in [6.45, 7) is 20.3. The monoisotopic (exact) mass is 538 g/mol. The molecule has 2 aromatic rings. The molecule has 0 amide bonds. The van der Waals surface area contributed by atoms with Crippen molar-refractivity contribution < 1.29 is 28.5 Å². The van der Waals surface area contributed by atoms with Gasteiger partial charge in [-0.2, -0.15) is 0 Å². The standard InChI is InChI=1S/C33H46O6/c1-23(38-30(35)20-19-29(34)31(3,4)5)21-36-27-15-11-25(12-16-27)33(9,10)26-13-17-28(18-14-26)37-22-24(2)39-32(6,7)8/h11-20,23-24H,21-22H2,1-10H3/b20-19+. The Kier molecular flexibility index (Phi) is 10.9. The van der Waals surface area contributed by atoms with Crippen LogP contribution in [-0.2, 0) is 24.5 Å². The molecule has 2 atom stereocenters. The minimum absolute atomic E-state index is 0.00201. The van der Waals surface area contributed by atoms with E-state index in [2.05, 4.69) is 26.0 Å². The number of ether oxygens (including phenoxy) is 4. The van der Waals surface area contributed by atoms with Gasteiger partial charge in [-0.05, 0) is 76.1 Å². The Morgan fingerprint density at radius 2 is 1.13 bits per heavy atom. The molecule has 2 unspecified atom stereocenters. The molecule has 0 heterocycles. The molecule has 0 radical (unpaired) electrons. The van der Waals surface area contributed by atoms with Gasteiger partial charge in [0.2, 0.25) is 0 Å². The van der Waals surface area contributed by atoms with E-state index in [1.165, 1.54) is 17.7 Å². The van der Waals surface area contributed by atoms with Crippen LogP contribution in [0.5, 0.6) is 11.5 Å². The highest BCUT2D eigenvalue weighted by molar-refractivity contribution is 5.98. The first-order chi connectivity index (χ1) is 18.0. The molecular formula is C33H46O6. The zero-order chi connectivity index (χ0) is 29.4. The van der Waals surface area contributed by atoms with Crippen LogP contribution in [0.4, 0.5) is 0 Å². The van der Waals surface area contributed by atoms with Crippen LogP contribution >= 0.6 is 0 Å². The molecule has 0 saturated carbocycles. The maximum atomic E-state index is 12.0. The van der Waals surface area contributed by atoms with Gasteiger partial charge >= 0.3 is 5.97 Å². The zero-order valence-corrected chi connectivity index (χ0v) is 25.3. The molecule has 2 aromatic carbocycles. The summed E-state index contributed by atoms with van der Waals surface area (Å²) in [6.07, 6.45) is 1.96. The Morgan fingerprint density at radius 3 is 1.54 bits per heavy atom. The van der Waals surface area contributed by atoms with E-state index >= 15 is 0 Å². The highest BCUT2D eigenvalue weighted by Crippen LogP contribution is 2.33. The van der Waals surface area contributed by atoms with Crippen molar-refractivity contribution in [1.29, 1.82) is 0 Å². The maximum absolute atomic E-state index is 12.0. The van der Waals surface area contributed by atoms with Gasteiger partial charge in [0.25, 0.3) is 0 Å². The average molecular weight is 539 g/mol. The molecule has 0 aliphatic heterocycles. The smallest absolute Gasteiger partial charge is 0.331 e. The molecule has 2 rings (SSSR count). The van der Waals surface area contributed by atoms with Gasteiger partial charge in [0.15, 0.2) is 5.78 Å². The van der Waals surface area contributed by atoms with Crippen molar-refractivity contribution in [3.05, 3.63) is 71.8 Å². The Bertz CT molecular complexity index is 1100. The lowest BCUT2D eigenvalue weighted by Gasteiger charge is -2.27. The van der Waals surface area contributed by atoms with Gasteiger partial charge in [-0.1, -0.05) is 58.9 Å². The first kappa shape index (κ1) is 32.1. The molecule has 0 saturated heterocycles. The van der Waals surface area contributed by atoms with Gasteiger partial charge in [-0.3, -0.25) is 4.79 Å². The summed E-state index contributed by atoms with van der Waals surface area (Å²) in [4.78, 5) is 23.9. The highest BCUT2D eigenvalue weighted by atomic mass is 16.6. The highest BCUT2D eigenvalue weighted by Gasteiger charge is 2.24. The van der Waals surface area contributed by atoms with Crippen LogP contribution in [0.2, 0.25) is 0 Å². The molecule has 0 spiro atoms. The van der Waals surface area contributed by atoms with Crippen LogP contribution in [-0.4, -0.2) is 42.8 Å². The summed E-state index contributed by atoms with van der Waals surface area (Å²) >= 11 is 0. The van der Waals surface area contributed by atoms with Gasteiger partial charge < -0.3 is 18.9 Å². The lowest BCUT2D eigenvalue weighted by molar-refractivity contribution is -0.143. The zero-order valence-electron chi connectivity index (χ0n) is 25.3. The Balaban J connectivity index is 1.90. The minimum Gasteiger partial charge on any atom is -0.491 e. The molecule has 39 heavy (non-hydrogen) atoms. The van der Waals surface area contributed by atoms with Crippen molar-refractivity contribution in [2.45, 2.75) is 92.5 Å². The summed E-state index contributed by atoms with van der Waals surface area (Å²) in [7, 11) is 0. The number of ketones is 1. The van der Waals surface area contributed by atoms with Crippen molar-refractivity contribution >= 4 is 11.8 Å². The second-order valence-electron chi connectivity index (χ2n) is 12.5. The Labute approximate surface area is 234 Å². The first-order valence-corrected chi connectivity index (χ1v) is 13.5. The quantitative estimate of drug-likeness (QED) is 0.212. The Hall–Kier alpha value is -3.12. The number of carbonyl (C=O) groups is 2. The fraction of sp³-hybridized carbons (Fsp3) is 0.515. The van der Waals surface area contributed by atoms with Crippen LogP contribution in [0.3, 0.4) is 0 Å². The summed E-state index contributed by atoms with van der Waals surface area (Å²) in [5.74, 6) is 0.803. The van der Waals surface area contributed by atoms with Gasteiger partial charge in [0.05, 0.1) is 11.7 Å². The molecule has 6 nitrogen and oxygen atoms in total. The predicted molar refractivity (Wildman–Crippen MR) is 155 cm³/mol. The van der Waals surface area contributed by atoms with Crippen LogP contribution in [0.15, 0.2) is 60.7 Å². The third-order valence-electron chi connectivity index (χ3n) is 6.10.